The van der Waals surface area contributed by atoms with E-state index in [1.807, 2.05) is 13.0 Å². The summed E-state index contributed by atoms with van der Waals surface area (Å²) in [5.74, 6) is -0.263. The Morgan fingerprint density at radius 3 is 2.52 bits per heavy atom. The molecule has 0 aliphatic carbocycles. The third-order valence-corrected chi connectivity index (χ3v) is 3.58. The van der Waals surface area contributed by atoms with Crippen LogP contribution in [0.2, 0.25) is 0 Å². The van der Waals surface area contributed by atoms with Crippen molar-refractivity contribution < 1.29 is 9.31 Å². The SMILES string of the molecule is Cc1c(CN[C@H](C)c2ccc(F)cc2)cccc1[N+](=O)[O-]. The molecule has 21 heavy (non-hydrogen) atoms. The molecule has 0 aromatic heterocycles. The van der Waals surface area contributed by atoms with Crippen LogP contribution in [0.3, 0.4) is 0 Å². The van der Waals surface area contributed by atoms with Crippen LogP contribution in [0.15, 0.2) is 42.5 Å². The van der Waals surface area contributed by atoms with Crippen LogP contribution in [0.5, 0.6) is 0 Å². The molecule has 2 aromatic rings. The van der Waals surface area contributed by atoms with Crippen molar-refractivity contribution in [2.75, 3.05) is 0 Å². The molecule has 0 saturated carbocycles. The first-order chi connectivity index (χ1) is 9.99. The minimum Gasteiger partial charge on any atom is -0.306 e. The third-order valence-electron chi connectivity index (χ3n) is 3.58. The predicted molar refractivity (Wildman–Crippen MR) is 79.5 cm³/mol. The minimum absolute atomic E-state index is 0.0317. The molecule has 0 heterocycles. The molecule has 0 aliphatic heterocycles. The molecule has 0 amide bonds. The second-order valence-corrected chi connectivity index (χ2v) is 4.97. The van der Waals surface area contributed by atoms with Crippen LogP contribution >= 0.6 is 0 Å². The molecule has 0 radical (unpaired) electrons. The number of nitro benzene ring substituents is 1. The Hall–Kier alpha value is -2.27. The summed E-state index contributed by atoms with van der Waals surface area (Å²) in [6.07, 6.45) is 0. The molecule has 0 unspecified atom stereocenters. The molecule has 2 rings (SSSR count). The van der Waals surface area contributed by atoms with Crippen molar-refractivity contribution >= 4 is 5.69 Å². The standard InChI is InChI=1S/C16H17FN2O2/c1-11-14(4-3-5-16(11)19(20)21)10-18-12(2)13-6-8-15(17)9-7-13/h3-9,12,18H,10H2,1-2H3/t12-/m1/s1. The van der Waals surface area contributed by atoms with E-state index in [-0.39, 0.29) is 22.5 Å². The molecule has 2 aromatic carbocycles. The Bertz CT molecular complexity index is 641. The van der Waals surface area contributed by atoms with Crippen LogP contribution in [0.25, 0.3) is 0 Å². The van der Waals surface area contributed by atoms with Gasteiger partial charge in [-0.3, -0.25) is 10.1 Å². The van der Waals surface area contributed by atoms with Gasteiger partial charge in [0.15, 0.2) is 0 Å². The van der Waals surface area contributed by atoms with Gasteiger partial charge in [0, 0.05) is 24.2 Å². The van der Waals surface area contributed by atoms with E-state index in [2.05, 4.69) is 5.32 Å². The normalized spacial score (nSPS) is 12.1. The van der Waals surface area contributed by atoms with Gasteiger partial charge in [-0.25, -0.2) is 4.39 Å². The summed E-state index contributed by atoms with van der Waals surface area (Å²) >= 11 is 0. The fraction of sp³-hybridized carbons (Fsp3) is 0.250. The van der Waals surface area contributed by atoms with Gasteiger partial charge in [0.2, 0.25) is 0 Å². The van der Waals surface area contributed by atoms with Crippen LogP contribution in [0.1, 0.15) is 29.7 Å². The molecule has 0 bridgehead atoms. The van der Waals surface area contributed by atoms with Gasteiger partial charge in [0.25, 0.3) is 5.69 Å². The Morgan fingerprint density at radius 1 is 1.24 bits per heavy atom. The van der Waals surface area contributed by atoms with Crippen molar-refractivity contribution in [3.8, 4) is 0 Å². The Labute approximate surface area is 122 Å². The molecular weight excluding hydrogens is 271 g/mol. The zero-order valence-corrected chi connectivity index (χ0v) is 12.0. The number of halogens is 1. The maximum atomic E-state index is 12.9. The summed E-state index contributed by atoms with van der Waals surface area (Å²) < 4.78 is 12.9. The lowest BCUT2D eigenvalue weighted by atomic mass is 10.0. The summed E-state index contributed by atoms with van der Waals surface area (Å²) in [6, 6.07) is 11.4. The molecule has 1 N–H and O–H groups in total. The molecule has 4 nitrogen and oxygen atoms in total. The summed E-state index contributed by atoms with van der Waals surface area (Å²) in [4.78, 5) is 10.5. The third kappa shape index (κ3) is 3.64. The van der Waals surface area contributed by atoms with E-state index in [4.69, 9.17) is 0 Å². The number of benzene rings is 2. The van der Waals surface area contributed by atoms with Crippen LogP contribution in [-0.2, 0) is 6.54 Å². The van der Waals surface area contributed by atoms with E-state index >= 15 is 0 Å². The highest BCUT2D eigenvalue weighted by Crippen LogP contribution is 2.22. The molecule has 1 atom stereocenters. The smallest absolute Gasteiger partial charge is 0.272 e. The van der Waals surface area contributed by atoms with Gasteiger partial charge in [-0.1, -0.05) is 24.3 Å². The van der Waals surface area contributed by atoms with Gasteiger partial charge in [0.1, 0.15) is 5.82 Å². The molecule has 0 fully saturated rings. The topological polar surface area (TPSA) is 55.2 Å². The monoisotopic (exact) mass is 288 g/mol. The Kier molecular flexibility index (Phi) is 4.65. The van der Waals surface area contributed by atoms with Gasteiger partial charge >= 0.3 is 0 Å². The summed E-state index contributed by atoms with van der Waals surface area (Å²) in [6.45, 7) is 4.24. The summed E-state index contributed by atoms with van der Waals surface area (Å²) in [5.41, 5.74) is 2.66. The van der Waals surface area contributed by atoms with Crippen molar-refractivity contribution in [2.24, 2.45) is 0 Å². The van der Waals surface area contributed by atoms with E-state index in [1.165, 1.54) is 18.2 Å². The van der Waals surface area contributed by atoms with E-state index in [1.54, 1.807) is 25.1 Å². The van der Waals surface area contributed by atoms with Crippen molar-refractivity contribution in [3.63, 3.8) is 0 Å². The van der Waals surface area contributed by atoms with E-state index in [0.717, 1.165) is 11.1 Å². The van der Waals surface area contributed by atoms with Gasteiger partial charge in [-0.05, 0) is 37.1 Å². The lowest BCUT2D eigenvalue weighted by Gasteiger charge is -2.15. The highest BCUT2D eigenvalue weighted by atomic mass is 19.1. The fourth-order valence-corrected chi connectivity index (χ4v) is 2.19. The second-order valence-electron chi connectivity index (χ2n) is 4.97. The maximum absolute atomic E-state index is 12.9. The highest BCUT2D eigenvalue weighted by molar-refractivity contribution is 5.44. The lowest BCUT2D eigenvalue weighted by molar-refractivity contribution is -0.385. The number of hydrogen-bond acceptors (Lipinski definition) is 3. The van der Waals surface area contributed by atoms with E-state index in [0.29, 0.717) is 12.1 Å². The van der Waals surface area contributed by atoms with Crippen LogP contribution in [-0.4, -0.2) is 4.92 Å². The molecule has 0 saturated heterocycles. The average molecular weight is 288 g/mol. The largest absolute Gasteiger partial charge is 0.306 e. The van der Waals surface area contributed by atoms with E-state index in [9.17, 15) is 14.5 Å². The molecular formula is C16H17FN2O2. The average Bonchev–Trinajstić information content (AvgIpc) is 2.46. The van der Waals surface area contributed by atoms with Gasteiger partial charge in [0.05, 0.1) is 4.92 Å². The number of hydrogen-bond donors (Lipinski definition) is 1. The lowest BCUT2D eigenvalue weighted by Crippen LogP contribution is -2.18. The molecule has 5 heteroatoms. The number of rotatable bonds is 5. The molecule has 0 aliphatic rings. The van der Waals surface area contributed by atoms with Crippen molar-refractivity contribution in [1.82, 2.24) is 5.32 Å². The van der Waals surface area contributed by atoms with Crippen molar-refractivity contribution in [2.45, 2.75) is 26.4 Å². The zero-order chi connectivity index (χ0) is 15.4. The van der Waals surface area contributed by atoms with E-state index < -0.39 is 0 Å². The summed E-state index contributed by atoms with van der Waals surface area (Å²) in [5, 5.41) is 14.2. The quantitative estimate of drug-likeness (QED) is 0.670. The first-order valence-electron chi connectivity index (χ1n) is 6.70. The van der Waals surface area contributed by atoms with Gasteiger partial charge in [-0.15, -0.1) is 0 Å². The highest BCUT2D eigenvalue weighted by Gasteiger charge is 2.13. The first kappa shape index (κ1) is 15.1. The zero-order valence-electron chi connectivity index (χ0n) is 12.0. The first-order valence-corrected chi connectivity index (χ1v) is 6.70. The Balaban J connectivity index is 2.08. The van der Waals surface area contributed by atoms with Crippen LogP contribution in [0, 0.1) is 22.9 Å². The van der Waals surface area contributed by atoms with Gasteiger partial charge < -0.3 is 5.32 Å². The van der Waals surface area contributed by atoms with Crippen LogP contribution in [0.4, 0.5) is 10.1 Å². The van der Waals surface area contributed by atoms with Crippen LogP contribution < -0.4 is 5.32 Å². The fourth-order valence-electron chi connectivity index (χ4n) is 2.19. The number of nitrogens with one attached hydrogen (secondary N) is 1. The summed E-state index contributed by atoms with van der Waals surface area (Å²) in [7, 11) is 0. The number of nitro groups is 1. The predicted octanol–water partition coefficient (Wildman–Crippen LogP) is 3.89. The van der Waals surface area contributed by atoms with Gasteiger partial charge in [-0.2, -0.15) is 0 Å². The van der Waals surface area contributed by atoms with Crippen molar-refractivity contribution in [1.29, 1.82) is 0 Å². The molecule has 110 valence electrons. The Morgan fingerprint density at radius 2 is 1.90 bits per heavy atom. The molecule has 0 spiro atoms. The maximum Gasteiger partial charge on any atom is 0.272 e. The van der Waals surface area contributed by atoms with Crippen molar-refractivity contribution in [3.05, 3.63) is 75.1 Å². The number of nitrogens with zero attached hydrogens (tertiary/aromatic N) is 1. The minimum atomic E-state index is -0.373. The second kappa shape index (κ2) is 6.45.